The van der Waals surface area contributed by atoms with E-state index in [1.54, 1.807) is 0 Å². The highest BCUT2D eigenvalue weighted by atomic mass is 32.1. The second-order valence-corrected chi connectivity index (χ2v) is 4.90. The molecule has 92 valence electrons. The molecule has 1 aliphatic heterocycles. The molecule has 1 aliphatic rings. The van der Waals surface area contributed by atoms with Crippen molar-refractivity contribution in [2.24, 2.45) is 5.73 Å². The number of hydrogen-bond acceptors (Lipinski definition) is 3. The van der Waals surface area contributed by atoms with Crippen LogP contribution in [-0.4, -0.2) is 23.7 Å². The summed E-state index contributed by atoms with van der Waals surface area (Å²) in [5.41, 5.74) is 7.66. The van der Waals surface area contributed by atoms with Gasteiger partial charge in [0.05, 0.1) is 6.10 Å². The van der Waals surface area contributed by atoms with Gasteiger partial charge in [-0.2, -0.15) is 0 Å². The second-order valence-electron chi connectivity index (χ2n) is 4.46. The van der Waals surface area contributed by atoms with E-state index < -0.39 is 0 Å². The molecule has 1 heterocycles. The van der Waals surface area contributed by atoms with Gasteiger partial charge in [-0.15, -0.1) is 0 Å². The fourth-order valence-electron chi connectivity index (χ4n) is 2.17. The Labute approximate surface area is 107 Å². The van der Waals surface area contributed by atoms with Gasteiger partial charge in [0.2, 0.25) is 0 Å². The summed E-state index contributed by atoms with van der Waals surface area (Å²) >= 11 is 5.05. The van der Waals surface area contributed by atoms with Crippen molar-refractivity contribution in [3.05, 3.63) is 29.8 Å². The van der Waals surface area contributed by atoms with Crippen molar-refractivity contribution < 1.29 is 4.74 Å². The summed E-state index contributed by atoms with van der Waals surface area (Å²) in [7, 11) is 0. The quantitative estimate of drug-likeness (QED) is 0.808. The van der Waals surface area contributed by atoms with E-state index in [0.29, 0.717) is 17.1 Å². The van der Waals surface area contributed by atoms with E-state index in [9.17, 15) is 0 Å². The van der Waals surface area contributed by atoms with Gasteiger partial charge < -0.3 is 15.8 Å². The lowest BCUT2D eigenvalue weighted by atomic mass is 10.0. The lowest BCUT2D eigenvalue weighted by molar-refractivity contribution is 0.0232. The van der Waals surface area contributed by atoms with Crippen LogP contribution >= 0.6 is 12.2 Å². The van der Waals surface area contributed by atoms with E-state index in [4.69, 9.17) is 22.7 Å². The van der Waals surface area contributed by atoms with Crippen molar-refractivity contribution in [2.75, 3.05) is 11.9 Å². The van der Waals surface area contributed by atoms with Gasteiger partial charge in [0, 0.05) is 23.9 Å². The van der Waals surface area contributed by atoms with Gasteiger partial charge in [0.1, 0.15) is 4.99 Å². The van der Waals surface area contributed by atoms with Gasteiger partial charge >= 0.3 is 0 Å². The average molecular weight is 250 g/mol. The van der Waals surface area contributed by atoms with Gasteiger partial charge in [-0.05, 0) is 31.9 Å². The molecular weight excluding hydrogens is 232 g/mol. The predicted octanol–water partition coefficient (Wildman–Crippen LogP) is 2.30. The van der Waals surface area contributed by atoms with E-state index in [-0.39, 0.29) is 0 Å². The maximum absolute atomic E-state index is 5.71. The smallest absolute Gasteiger partial charge is 0.106 e. The molecule has 17 heavy (non-hydrogen) atoms. The largest absolute Gasteiger partial charge is 0.389 e. The van der Waals surface area contributed by atoms with Gasteiger partial charge in [-0.25, -0.2) is 0 Å². The summed E-state index contributed by atoms with van der Waals surface area (Å²) in [6, 6.07) is 8.36. The van der Waals surface area contributed by atoms with Crippen LogP contribution in [0.25, 0.3) is 0 Å². The molecule has 3 N–H and O–H groups in total. The minimum absolute atomic E-state index is 0.318. The third-order valence-electron chi connectivity index (χ3n) is 3.04. The van der Waals surface area contributed by atoms with Crippen LogP contribution in [0.3, 0.4) is 0 Å². The molecule has 0 amide bonds. The number of hydrogen-bond donors (Lipinski definition) is 2. The molecule has 2 rings (SSSR count). The van der Waals surface area contributed by atoms with Crippen molar-refractivity contribution >= 4 is 22.9 Å². The molecular formula is C13H18N2OS. The Morgan fingerprint density at radius 2 is 2.24 bits per heavy atom. The van der Waals surface area contributed by atoms with Crippen molar-refractivity contribution in [1.29, 1.82) is 0 Å². The Bertz CT molecular complexity index is 408. The summed E-state index contributed by atoms with van der Waals surface area (Å²) in [4.78, 5) is 0.438. The summed E-state index contributed by atoms with van der Waals surface area (Å²) < 4.78 is 5.53. The van der Waals surface area contributed by atoms with Gasteiger partial charge in [-0.3, -0.25) is 0 Å². The lowest BCUT2D eigenvalue weighted by Gasteiger charge is -2.29. The Balaban J connectivity index is 2.10. The fraction of sp³-hybridized carbons (Fsp3) is 0.462. The molecule has 0 aliphatic carbocycles. The number of ether oxygens (including phenoxy) is 1. The first-order chi connectivity index (χ1) is 8.16. The van der Waals surface area contributed by atoms with Crippen molar-refractivity contribution in [1.82, 2.24) is 0 Å². The van der Waals surface area contributed by atoms with Crippen LogP contribution < -0.4 is 11.1 Å². The molecule has 0 radical (unpaired) electrons. The fourth-order valence-corrected chi connectivity index (χ4v) is 2.35. The molecule has 3 nitrogen and oxygen atoms in total. The zero-order valence-electron chi connectivity index (χ0n) is 9.98. The Kier molecular flexibility index (Phi) is 3.97. The van der Waals surface area contributed by atoms with Gasteiger partial charge in [0.15, 0.2) is 0 Å². The third-order valence-corrected chi connectivity index (χ3v) is 3.26. The zero-order chi connectivity index (χ0) is 12.3. The molecule has 1 aromatic rings. The highest BCUT2D eigenvalue weighted by Crippen LogP contribution is 2.21. The molecule has 0 aromatic heterocycles. The number of anilines is 1. The van der Waals surface area contributed by atoms with Crippen molar-refractivity contribution in [3.8, 4) is 0 Å². The van der Waals surface area contributed by atoms with E-state index in [0.717, 1.165) is 30.7 Å². The minimum atomic E-state index is 0.318. The summed E-state index contributed by atoms with van der Waals surface area (Å²) in [5.74, 6) is 0. The van der Waals surface area contributed by atoms with Gasteiger partial charge in [0.25, 0.3) is 0 Å². The van der Waals surface area contributed by atoms with Crippen LogP contribution in [0, 0.1) is 0 Å². The van der Waals surface area contributed by atoms with E-state index >= 15 is 0 Å². The summed E-state index contributed by atoms with van der Waals surface area (Å²) in [6.45, 7) is 2.92. The van der Waals surface area contributed by atoms with Crippen LogP contribution in [0.5, 0.6) is 0 Å². The summed E-state index contributed by atoms with van der Waals surface area (Å²) in [6.07, 6.45) is 2.36. The topological polar surface area (TPSA) is 47.3 Å². The Hall–Kier alpha value is -1.13. The first-order valence-corrected chi connectivity index (χ1v) is 6.34. The predicted molar refractivity (Wildman–Crippen MR) is 74.4 cm³/mol. The van der Waals surface area contributed by atoms with Crippen LogP contribution in [-0.2, 0) is 4.74 Å². The normalized spacial score (nSPS) is 24.3. The standard InChI is InChI=1S/C13H18N2OS/c1-9-8-10(6-7-16-9)15-12-5-3-2-4-11(12)13(14)17/h2-5,9-10,15H,6-8H2,1H3,(H2,14,17). The molecule has 0 saturated carbocycles. The van der Waals surface area contributed by atoms with Gasteiger partial charge in [-0.1, -0.05) is 24.4 Å². The van der Waals surface area contributed by atoms with Crippen LogP contribution in [0.1, 0.15) is 25.3 Å². The molecule has 4 heteroatoms. The first-order valence-electron chi connectivity index (χ1n) is 5.94. The zero-order valence-corrected chi connectivity index (χ0v) is 10.8. The molecule has 1 saturated heterocycles. The molecule has 2 atom stereocenters. The van der Waals surface area contributed by atoms with E-state index in [2.05, 4.69) is 12.2 Å². The highest BCUT2D eigenvalue weighted by molar-refractivity contribution is 7.80. The monoisotopic (exact) mass is 250 g/mol. The number of benzene rings is 1. The number of nitrogens with one attached hydrogen (secondary N) is 1. The molecule has 2 unspecified atom stereocenters. The lowest BCUT2D eigenvalue weighted by Crippen LogP contribution is -2.33. The Morgan fingerprint density at radius 3 is 2.94 bits per heavy atom. The number of rotatable bonds is 3. The van der Waals surface area contributed by atoms with Crippen LogP contribution in [0.15, 0.2) is 24.3 Å². The third kappa shape index (κ3) is 3.17. The SMILES string of the molecule is CC1CC(Nc2ccccc2C(N)=S)CCO1. The first kappa shape index (κ1) is 12.3. The molecule has 0 bridgehead atoms. The van der Waals surface area contributed by atoms with Crippen molar-refractivity contribution in [2.45, 2.75) is 31.9 Å². The van der Waals surface area contributed by atoms with Crippen molar-refractivity contribution in [3.63, 3.8) is 0 Å². The molecule has 1 aromatic carbocycles. The summed E-state index contributed by atoms with van der Waals surface area (Å²) in [5, 5.41) is 3.51. The number of nitrogens with two attached hydrogens (primary N) is 1. The molecule has 0 spiro atoms. The van der Waals surface area contributed by atoms with E-state index in [1.165, 1.54) is 0 Å². The number of thiocarbonyl (C=S) groups is 1. The average Bonchev–Trinajstić information content (AvgIpc) is 2.29. The maximum Gasteiger partial charge on any atom is 0.106 e. The molecule has 1 fully saturated rings. The minimum Gasteiger partial charge on any atom is -0.389 e. The second kappa shape index (κ2) is 5.47. The van der Waals surface area contributed by atoms with Crippen LogP contribution in [0.2, 0.25) is 0 Å². The number of para-hydroxylation sites is 1. The van der Waals surface area contributed by atoms with Crippen LogP contribution in [0.4, 0.5) is 5.69 Å². The Morgan fingerprint density at radius 1 is 1.47 bits per heavy atom. The maximum atomic E-state index is 5.71. The highest BCUT2D eigenvalue weighted by Gasteiger charge is 2.19. The van der Waals surface area contributed by atoms with E-state index in [1.807, 2.05) is 24.3 Å².